The Morgan fingerprint density at radius 1 is 1.55 bits per heavy atom. The van der Waals surface area contributed by atoms with Gasteiger partial charge in [-0.2, -0.15) is 0 Å². The zero-order chi connectivity index (χ0) is 14.5. The van der Waals surface area contributed by atoms with Crippen LogP contribution in [0, 0.1) is 6.92 Å². The van der Waals surface area contributed by atoms with E-state index in [4.69, 9.17) is 0 Å². The van der Waals surface area contributed by atoms with Gasteiger partial charge in [0.05, 0.1) is 6.54 Å². The van der Waals surface area contributed by atoms with Crippen LogP contribution < -0.4 is 5.32 Å². The lowest BCUT2D eigenvalue weighted by Crippen LogP contribution is -2.46. The maximum absolute atomic E-state index is 12.1. The third-order valence-electron chi connectivity index (χ3n) is 3.59. The molecule has 2 N–H and O–H groups in total. The van der Waals surface area contributed by atoms with Crippen molar-refractivity contribution in [3.63, 3.8) is 0 Å². The van der Waals surface area contributed by atoms with Crippen molar-refractivity contribution in [1.29, 1.82) is 0 Å². The smallest absolute Gasteiger partial charge is 0.317 e. The lowest BCUT2D eigenvalue weighted by atomic mass is 10.3. The van der Waals surface area contributed by atoms with Crippen molar-refractivity contribution in [1.82, 2.24) is 25.1 Å². The molecular weight excluding hydrogens is 254 g/mol. The van der Waals surface area contributed by atoms with Crippen molar-refractivity contribution in [2.24, 2.45) is 0 Å². The van der Waals surface area contributed by atoms with E-state index in [0.29, 0.717) is 6.54 Å². The van der Waals surface area contributed by atoms with E-state index in [1.54, 1.807) is 18.1 Å². The Morgan fingerprint density at radius 3 is 2.85 bits per heavy atom. The van der Waals surface area contributed by atoms with Gasteiger partial charge in [-0.3, -0.25) is 0 Å². The number of nitrogens with one attached hydrogen (secondary N) is 2. The summed E-state index contributed by atoms with van der Waals surface area (Å²) in [6.45, 7) is 7.74. The fraction of sp³-hybridized carbons (Fsp3) is 0.714. The highest BCUT2D eigenvalue weighted by Gasteiger charge is 2.17. The number of hydrogen-bond acceptors (Lipinski definition) is 3. The van der Waals surface area contributed by atoms with E-state index in [1.807, 2.05) is 6.92 Å². The molecular formula is C14H25N5O. The zero-order valence-corrected chi connectivity index (χ0v) is 12.6. The maximum Gasteiger partial charge on any atom is 0.317 e. The van der Waals surface area contributed by atoms with Crippen molar-refractivity contribution in [3.05, 3.63) is 17.7 Å². The summed E-state index contributed by atoms with van der Waals surface area (Å²) in [4.78, 5) is 23.5. The van der Waals surface area contributed by atoms with Gasteiger partial charge in [0.2, 0.25) is 0 Å². The van der Waals surface area contributed by atoms with Crippen molar-refractivity contribution >= 4 is 6.03 Å². The number of likely N-dealkylation sites (tertiary alicyclic amines) is 1. The highest BCUT2D eigenvalue weighted by Crippen LogP contribution is 2.07. The number of H-pyrrole nitrogens is 1. The molecule has 6 heteroatoms. The van der Waals surface area contributed by atoms with Crippen LogP contribution in [0.1, 0.15) is 31.3 Å². The van der Waals surface area contributed by atoms with Gasteiger partial charge in [0, 0.05) is 31.5 Å². The van der Waals surface area contributed by atoms with E-state index >= 15 is 0 Å². The van der Waals surface area contributed by atoms with E-state index in [2.05, 4.69) is 27.1 Å². The van der Waals surface area contributed by atoms with Gasteiger partial charge >= 0.3 is 6.03 Å². The van der Waals surface area contributed by atoms with Gasteiger partial charge in [-0.1, -0.05) is 0 Å². The molecule has 0 aromatic carbocycles. The molecule has 1 fully saturated rings. The Hall–Kier alpha value is -1.56. The molecule has 112 valence electrons. The SMILES string of the molecule is Cc1cnc(CN(C)C(=O)NC(C)CN2CCCC2)[nH]1. The monoisotopic (exact) mass is 279 g/mol. The number of amides is 2. The van der Waals surface area contributed by atoms with E-state index in [0.717, 1.165) is 31.2 Å². The third kappa shape index (κ3) is 4.23. The summed E-state index contributed by atoms with van der Waals surface area (Å²) in [5, 5.41) is 3.04. The first-order chi connectivity index (χ1) is 9.54. The lowest BCUT2D eigenvalue weighted by molar-refractivity contribution is 0.197. The Labute approximate surface area is 120 Å². The first-order valence-electron chi connectivity index (χ1n) is 7.29. The highest BCUT2D eigenvalue weighted by molar-refractivity contribution is 5.74. The normalized spacial score (nSPS) is 17.1. The van der Waals surface area contributed by atoms with Crippen LogP contribution in [0.25, 0.3) is 0 Å². The number of aromatic nitrogens is 2. The summed E-state index contributed by atoms with van der Waals surface area (Å²) in [6.07, 6.45) is 4.33. The van der Waals surface area contributed by atoms with Crippen molar-refractivity contribution in [2.45, 2.75) is 39.3 Å². The second-order valence-electron chi connectivity index (χ2n) is 5.73. The lowest BCUT2D eigenvalue weighted by Gasteiger charge is -2.24. The number of carbonyl (C=O) groups is 1. The molecule has 0 spiro atoms. The van der Waals surface area contributed by atoms with Gasteiger partial charge in [-0.05, 0) is 39.8 Å². The van der Waals surface area contributed by atoms with E-state index in [-0.39, 0.29) is 12.1 Å². The van der Waals surface area contributed by atoms with Crippen LogP contribution in [0.2, 0.25) is 0 Å². The van der Waals surface area contributed by atoms with Gasteiger partial charge in [0.15, 0.2) is 0 Å². The molecule has 2 rings (SSSR count). The summed E-state index contributed by atoms with van der Waals surface area (Å²) >= 11 is 0. The number of carbonyl (C=O) groups excluding carboxylic acids is 1. The van der Waals surface area contributed by atoms with Gasteiger partial charge < -0.3 is 20.1 Å². The minimum absolute atomic E-state index is 0.0502. The van der Waals surface area contributed by atoms with Crippen molar-refractivity contribution in [2.75, 3.05) is 26.7 Å². The molecule has 6 nitrogen and oxygen atoms in total. The molecule has 1 unspecified atom stereocenters. The van der Waals surface area contributed by atoms with E-state index < -0.39 is 0 Å². The molecule has 1 aliphatic rings. The highest BCUT2D eigenvalue weighted by atomic mass is 16.2. The minimum Gasteiger partial charge on any atom is -0.345 e. The molecule has 1 aromatic rings. The van der Waals surface area contributed by atoms with Crippen LogP contribution in [-0.4, -0.2) is 58.5 Å². The molecule has 0 aliphatic carbocycles. The average molecular weight is 279 g/mol. The molecule has 2 amide bonds. The fourth-order valence-electron chi connectivity index (χ4n) is 2.56. The van der Waals surface area contributed by atoms with Gasteiger partial charge in [0.1, 0.15) is 5.82 Å². The predicted octanol–water partition coefficient (Wildman–Crippen LogP) is 1.34. The Balaban J connectivity index is 1.75. The summed E-state index contributed by atoms with van der Waals surface area (Å²) < 4.78 is 0. The molecule has 0 radical (unpaired) electrons. The molecule has 20 heavy (non-hydrogen) atoms. The standard InChI is InChI=1S/C14H25N5O/c1-11-8-15-13(16-11)10-18(3)14(20)17-12(2)9-19-6-4-5-7-19/h8,12H,4-7,9-10H2,1-3H3,(H,15,16)(H,17,20). The molecule has 0 saturated carbocycles. The first kappa shape index (κ1) is 14.8. The van der Waals surface area contributed by atoms with Crippen LogP contribution in [0.3, 0.4) is 0 Å². The summed E-state index contributed by atoms with van der Waals surface area (Å²) in [5.41, 5.74) is 1.01. The number of imidazole rings is 1. The quantitative estimate of drug-likeness (QED) is 0.855. The predicted molar refractivity (Wildman–Crippen MR) is 78.5 cm³/mol. The maximum atomic E-state index is 12.1. The molecule has 2 heterocycles. The molecule has 1 aromatic heterocycles. The van der Waals surface area contributed by atoms with Crippen LogP contribution >= 0.6 is 0 Å². The number of nitrogens with zero attached hydrogens (tertiary/aromatic N) is 3. The number of urea groups is 1. The van der Waals surface area contributed by atoms with Gasteiger partial charge in [-0.25, -0.2) is 9.78 Å². The van der Waals surface area contributed by atoms with Gasteiger partial charge in [-0.15, -0.1) is 0 Å². The number of aromatic amines is 1. The summed E-state index contributed by atoms with van der Waals surface area (Å²) in [7, 11) is 1.79. The largest absolute Gasteiger partial charge is 0.345 e. The van der Waals surface area contributed by atoms with Crippen LogP contribution in [0.15, 0.2) is 6.20 Å². The number of aryl methyl sites for hydroxylation is 1. The van der Waals surface area contributed by atoms with Crippen LogP contribution in [0.4, 0.5) is 4.79 Å². The number of rotatable bonds is 5. The number of hydrogen-bond donors (Lipinski definition) is 2. The Kier molecular flexibility index (Phi) is 5.00. The second-order valence-corrected chi connectivity index (χ2v) is 5.73. The topological polar surface area (TPSA) is 64.3 Å². The average Bonchev–Trinajstić information content (AvgIpc) is 3.01. The summed E-state index contributed by atoms with van der Waals surface area (Å²) in [6, 6.07) is 0.118. The first-order valence-corrected chi connectivity index (χ1v) is 7.29. The van der Waals surface area contributed by atoms with E-state index in [1.165, 1.54) is 12.8 Å². The molecule has 1 saturated heterocycles. The minimum atomic E-state index is -0.0502. The Bertz CT molecular complexity index is 439. The Morgan fingerprint density at radius 2 is 2.25 bits per heavy atom. The van der Waals surface area contributed by atoms with E-state index in [9.17, 15) is 4.79 Å². The van der Waals surface area contributed by atoms with Crippen molar-refractivity contribution in [3.8, 4) is 0 Å². The van der Waals surface area contributed by atoms with Crippen LogP contribution in [-0.2, 0) is 6.54 Å². The fourth-order valence-corrected chi connectivity index (χ4v) is 2.56. The van der Waals surface area contributed by atoms with Crippen LogP contribution in [0.5, 0.6) is 0 Å². The molecule has 1 aliphatic heterocycles. The third-order valence-corrected chi connectivity index (χ3v) is 3.59. The van der Waals surface area contributed by atoms with Crippen molar-refractivity contribution < 1.29 is 4.79 Å². The molecule has 1 atom stereocenters. The zero-order valence-electron chi connectivity index (χ0n) is 12.6. The molecule has 0 bridgehead atoms. The second kappa shape index (κ2) is 6.74. The van der Waals surface area contributed by atoms with Gasteiger partial charge in [0.25, 0.3) is 0 Å². The summed E-state index contributed by atoms with van der Waals surface area (Å²) in [5.74, 6) is 0.812.